The average molecular weight is 382 g/mol. The molecule has 0 unspecified atom stereocenters. The number of benzene rings is 2. The molecule has 0 spiro atoms. The Labute approximate surface area is 163 Å². The lowest BCUT2D eigenvalue weighted by Gasteiger charge is -2.19. The third-order valence-corrected chi connectivity index (χ3v) is 5.06. The number of nitrogens with zero attached hydrogens (tertiary/aromatic N) is 2. The van der Waals surface area contributed by atoms with Gasteiger partial charge in [-0.3, -0.25) is 4.90 Å². The van der Waals surface area contributed by atoms with Crippen molar-refractivity contribution in [1.29, 1.82) is 0 Å². The highest BCUT2D eigenvalue weighted by Crippen LogP contribution is 2.36. The topological polar surface area (TPSA) is 43.8 Å². The molecule has 0 radical (unpaired) electrons. The van der Waals surface area contributed by atoms with Gasteiger partial charge in [0.1, 0.15) is 29.4 Å². The fourth-order valence-electron chi connectivity index (χ4n) is 3.54. The van der Waals surface area contributed by atoms with E-state index in [1.54, 1.807) is 14.2 Å². The first-order valence-corrected chi connectivity index (χ1v) is 9.32. The van der Waals surface area contributed by atoms with Gasteiger partial charge in [0.2, 0.25) is 5.88 Å². The summed E-state index contributed by atoms with van der Waals surface area (Å²) in [6, 6.07) is 12.5. The highest BCUT2D eigenvalue weighted by atomic mass is 19.1. The van der Waals surface area contributed by atoms with E-state index in [0.717, 1.165) is 53.8 Å². The zero-order valence-electron chi connectivity index (χ0n) is 16.1. The molecule has 1 aliphatic rings. The quantitative estimate of drug-likeness (QED) is 0.671. The number of fused-ring (bicyclic) bond motifs is 2. The molecular weight excluding hydrogens is 359 g/mol. The second kappa shape index (κ2) is 8.02. The minimum absolute atomic E-state index is 0.205. The van der Waals surface area contributed by atoms with E-state index >= 15 is 0 Å². The number of ether oxygens (including phenoxy) is 3. The summed E-state index contributed by atoms with van der Waals surface area (Å²) in [5, 5.41) is 0.907. The minimum atomic E-state index is -0.205. The second-order valence-corrected chi connectivity index (χ2v) is 6.82. The fraction of sp³-hybridized carbons (Fsp3) is 0.318. The lowest BCUT2D eigenvalue weighted by Crippen LogP contribution is -2.28. The van der Waals surface area contributed by atoms with Crippen LogP contribution in [0.15, 0.2) is 42.5 Å². The molecule has 0 saturated carbocycles. The van der Waals surface area contributed by atoms with Crippen molar-refractivity contribution < 1.29 is 18.6 Å². The number of pyridine rings is 1. The van der Waals surface area contributed by atoms with Crippen LogP contribution in [0.3, 0.4) is 0 Å². The van der Waals surface area contributed by atoms with Crippen LogP contribution in [0.4, 0.5) is 4.39 Å². The summed E-state index contributed by atoms with van der Waals surface area (Å²) >= 11 is 0. The first-order chi connectivity index (χ1) is 13.7. The number of rotatable bonds is 5. The maximum Gasteiger partial charge on any atom is 0.218 e. The predicted molar refractivity (Wildman–Crippen MR) is 106 cm³/mol. The fourth-order valence-corrected chi connectivity index (χ4v) is 3.54. The van der Waals surface area contributed by atoms with Crippen LogP contribution in [0.25, 0.3) is 10.9 Å². The maximum absolute atomic E-state index is 13.1. The first kappa shape index (κ1) is 18.5. The van der Waals surface area contributed by atoms with Crippen molar-refractivity contribution in [2.75, 3.05) is 33.9 Å². The molecule has 0 fully saturated rings. The number of aromatic nitrogens is 1. The Morgan fingerprint density at radius 1 is 1.07 bits per heavy atom. The van der Waals surface area contributed by atoms with Gasteiger partial charge in [-0.1, -0.05) is 12.1 Å². The molecule has 0 N–H and O–H groups in total. The van der Waals surface area contributed by atoms with E-state index in [-0.39, 0.29) is 5.82 Å². The van der Waals surface area contributed by atoms with Gasteiger partial charge in [0.25, 0.3) is 0 Å². The largest absolute Gasteiger partial charge is 0.496 e. The van der Waals surface area contributed by atoms with Gasteiger partial charge in [-0.25, -0.2) is 9.37 Å². The average Bonchev–Trinajstić information content (AvgIpc) is 2.92. The molecule has 1 aromatic heterocycles. The Balaban J connectivity index is 1.60. The molecule has 2 heterocycles. The highest BCUT2D eigenvalue weighted by Gasteiger charge is 2.20. The summed E-state index contributed by atoms with van der Waals surface area (Å²) in [6.45, 7) is 2.98. The zero-order valence-corrected chi connectivity index (χ0v) is 16.1. The van der Waals surface area contributed by atoms with Gasteiger partial charge in [0, 0.05) is 30.6 Å². The lowest BCUT2D eigenvalue weighted by atomic mass is 10.1. The molecule has 1 aliphatic heterocycles. The van der Waals surface area contributed by atoms with Crippen LogP contribution in [-0.2, 0) is 13.0 Å². The van der Waals surface area contributed by atoms with E-state index in [9.17, 15) is 4.39 Å². The molecule has 0 bridgehead atoms. The molecule has 0 saturated heterocycles. The van der Waals surface area contributed by atoms with Gasteiger partial charge < -0.3 is 14.2 Å². The molecule has 4 rings (SSSR count). The van der Waals surface area contributed by atoms with Crippen molar-refractivity contribution in [3.63, 3.8) is 0 Å². The van der Waals surface area contributed by atoms with E-state index in [2.05, 4.69) is 11.0 Å². The summed E-state index contributed by atoms with van der Waals surface area (Å²) in [4.78, 5) is 7.05. The molecule has 2 aromatic carbocycles. The molecule has 3 aromatic rings. The molecular formula is C22H23FN2O3. The van der Waals surface area contributed by atoms with Crippen LogP contribution in [-0.4, -0.2) is 43.8 Å². The lowest BCUT2D eigenvalue weighted by molar-refractivity contribution is 0.225. The Hall–Kier alpha value is -2.86. The van der Waals surface area contributed by atoms with Gasteiger partial charge in [-0.05, 0) is 42.3 Å². The second-order valence-electron chi connectivity index (χ2n) is 6.82. The van der Waals surface area contributed by atoms with Gasteiger partial charge >= 0.3 is 0 Å². The van der Waals surface area contributed by atoms with Gasteiger partial charge in [0.05, 0.1) is 14.2 Å². The number of methoxy groups -OCH3 is 2. The van der Waals surface area contributed by atoms with Crippen LogP contribution in [0.2, 0.25) is 0 Å². The number of halogens is 1. The van der Waals surface area contributed by atoms with Gasteiger partial charge in [-0.15, -0.1) is 0 Å². The number of hydrogen-bond donors (Lipinski definition) is 0. The van der Waals surface area contributed by atoms with Crippen molar-refractivity contribution in [3.05, 3.63) is 59.4 Å². The van der Waals surface area contributed by atoms with E-state index in [1.165, 1.54) is 12.1 Å². The minimum Gasteiger partial charge on any atom is -0.496 e. The molecule has 28 heavy (non-hydrogen) atoms. The van der Waals surface area contributed by atoms with E-state index in [1.807, 2.05) is 24.3 Å². The third-order valence-electron chi connectivity index (χ3n) is 5.06. The van der Waals surface area contributed by atoms with Crippen LogP contribution in [0.5, 0.6) is 17.4 Å². The summed E-state index contributed by atoms with van der Waals surface area (Å²) < 4.78 is 30.0. The van der Waals surface area contributed by atoms with E-state index in [4.69, 9.17) is 19.2 Å². The van der Waals surface area contributed by atoms with Gasteiger partial charge in [0.15, 0.2) is 0 Å². The monoisotopic (exact) mass is 382 g/mol. The standard InChI is InChI=1S/C22H23FN2O3/c1-26-19-7-8-20(27-2)21-18(19)13-16-14-25(11-12-28-22(16)24-21)10-9-15-3-5-17(23)6-4-15/h3-8,13H,9-12,14H2,1-2H3. The predicted octanol–water partition coefficient (Wildman–Crippen LogP) is 3.83. The SMILES string of the molecule is COc1ccc(OC)c2nc3c(cc12)CN(CCc1ccc(F)cc1)CCO3. The summed E-state index contributed by atoms with van der Waals surface area (Å²) in [6.07, 6.45) is 0.855. The van der Waals surface area contributed by atoms with Crippen LogP contribution in [0.1, 0.15) is 11.1 Å². The van der Waals surface area contributed by atoms with Crippen LogP contribution < -0.4 is 14.2 Å². The smallest absolute Gasteiger partial charge is 0.218 e. The maximum atomic E-state index is 13.1. The first-order valence-electron chi connectivity index (χ1n) is 9.32. The summed E-state index contributed by atoms with van der Waals surface area (Å²) in [7, 11) is 3.28. The molecule has 5 nitrogen and oxygen atoms in total. The van der Waals surface area contributed by atoms with Crippen molar-refractivity contribution in [3.8, 4) is 17.4 Å². The van der Waals surface area contributed by atoms with Gasteiger partial charge in [-0.2, -0.15) is 0 Å². The number of hydrogen-bond acceptors (Lipinski definition) is 5. The Kier molecular flexibility index (Phi) is 5.30. The third kappa shape index (κ3) is 3.73. The van der Waals surface area contributed by atoms with Crippen molar-refractivity contribution >= 4 is 10.9 Å². The molecule has 146 valence electrons. The Morgan fingerprint density at radius 2 is 1.82 bits per heavy atom. The van der Waals surface area contributed by atoms with Crippen LogP contribution in [0, 0.1) is 5.82 Å². The highest BCUT2D eigenvalue weighted by molar-refractivity contribution is 5.91. The normalized spacial score (nSPS) is 14.2. The Morgan fingerprint density at radius 3 is 2.57 bits per heavy atom. The van der Waals surface area contributed by atoms with Crippen molar-refractivity contribution in [2.45, 2.75) is 13.0 Å². The molecule has 0 atom stereocenters. The van der Waals surface area contributed by atoms with Crippen molar-refractivity contribution in [1.82, 2.24) is 9.88 Å². The summed E-state index contributed by atoms with van der Waals surface area (Å²) in [5.74, 6) is 1.89. The summed E-state index contributed by atoms with van der Waals surface area (Å²) in [5.41, 5.74) is 2.88. The zero-order chi connectivity index (χ0) is 19.5. The van der Waals surface area contributed by atoms with E-state index < -0.39 is 0 Å². The molecule has 0 amide bonds. The molecule has 0 aliphatic carbocycles. The van der Waals surface area contributed by atoms with Crippen molar-refractivity contribution in [2.24, 2.45) is 0 Å². The van der Waals surface area contributed by atoms with Crippen LogP contribution >= 0.6 is 0 Å². The Bertz CT molecular complexity index is 976. The van der Waals surface area contributed by atoms with E-state index in [0.29, 0.717) is 18.2 Å². The molecule has 6 heteroatoms.